The van der Waals surface area contributed by atoms with Crippen molar-refractivity contribution < 1.29 is 29.0 Å². The highest BCUT2D eigenvalue weighted by molar-refractivity contribution is 5.86. The van der Waals surface area contributed by atoms with Crippen LogP contribution >= 0.6 is 0 Å². The molecule has 1 aliphatic carbocycles. The fourth-order valence-electron chi connectivity index (χ4n) is 4.66. The molecule has 0 amide bonds. The summed E-state index contributed by atoms with van der Waals surface area (Å²) >= 11 is 0. The third-order valence-corrected chi connectivity index (χ3v) is 5.93. The first-order valence-electron chi connectivity index (χ1n) is 9.12. The number of benzene rings is 2. The second kappa shape index (κ2) is 6.53. The molecule has 0 fully saturated rings. The van der Waals surface area contributed by atoms with Crippen molar-refractivity contribution in [1.82, 2.24) is 0 Å². The standard InChI is InChI=1S/C21H25NO5/c1-22-7-6-12-17-14(22)8-11-9-15(23)16(24-2)10-13(11)18(17)20(26-4)21(27-5)19(12)25-3/h9-10,14,23H,6-8H2,1-5H3/p+1/t14-/m1/s1. The molecule has 1 heterocycles. The molecule has 0 aromatic heterocycles. The average Bonchev–Trinajstić information content (AvgIpc) is 2.68. The van der Waals surface area contributed by atoms with Crippen LogP contribution in [-0.4, -0.2) is 47.1 Å². The molecular weight excluding hydrogens is 346 g/mol. The SMILES string of the molecule is COc1cc2c(cc1O)C[C@@H]1c3c(c(OC)c(OC)c(OC)c3-2)CC[NH+]1C. The van der Waals surface area contributed by atoms with E-state index in [1.54, 1.807) is 28.4 Å². The molecule has 0 spiro atoms. The molecule has 0 bridgehead atoms. The maximum atomic E-state index is 10.3. The topological polar surface area (TPSA) is 61.6 Å². The number of fused-ring (bicyclic) bond motifs is 2. The van der Waals surface area contributed by atoms with Gasteiger partial charge in [0.1, 0.15) is 6.04 Å². The predicted molar refractivity (Wildman–Crippen MR) is 102 cm³/mol. The van der Waals surface area contributed by atoms with Crippen molar-refractivity contribution >= 4 is 0 Å². The lowest BCUT2D eigenvalue weighted by molar-refractivity contribution is -0.914. The van der Waals surface area contributed by atoms with Gasteiger partial charge in [-0.25, -0.2) is 0 Å². The number of methoxy groups -OCH3 is 4. The number of hydrogen-bond acceptors (Lipinski definition) is 5. The molecule has 6 nitrogen and oxygen atoms in total. The number of quaternary nitrogens is 1. The quantitative estimate of drug-likeness (QED) is 0.857. The number of likely N-dealkylation sites (N-methyl/N-ethyl adjacent to an activating group) is 1. The number of ether oxygens (including phenoxy) is 4. The van der Waals surface area contributed by atoms with E-state index in [1.807, 2.05) is 12.1 Å². The summed E-state index contributed by atoms with van der Waals surface area (Å²) in [5.74, 6) is 2.66. The zero-order valence-corrected chi connectivity index (χ0v) is 16.4. The Hall–Kier alpha value is -2.60. The highest BCUT2D eigenvalue weighted by atomic mass is 16.5. The molecule has 4 rings (SSSR count). The van der Waals surface area contributed by atoms with Gasteiger partial charge in [-0.15, -0.1) is 0 Å². The molecule has 6 heteroatoms. The van der Waals surface area contributed by atoms with E-state index >= 15 is 0 Å². The van der Waals surface area contributed by atoms with Gasteiger partial charge in [0.15, 0.2) is 23.0 Å². The predicted octanol–water partition coefficient (Wildman–Crippen LogP) is 1.76. The van der Waals surface area contributed by atoms with E-state index in [4.69, 9.17) is 18.9 Å². The number of nitrogens with one attached hydrogen (secondary N) is 1. The van der Waals surface area contributed by atoms with Gasteiger partial charge in [-0.3, -0.25) is 0 Å². The zero-order valence-electron chi connectivity index (χ0n) is 16.4. The Labute approximate surface area is 159 Å². The molecule has 2 atom stereocenters. The largest absolute Gasteiger partial charge is 0.504 e. The lowest BCUT2D eigenvalue weighted by atomic mass is 9.76. The van der Waals surface area contributed by atoms with Crippen LogP contribution < -0.4 is 23.8 Å². The monoisotopic (exact) mass is 372 g/mol. The number of phenols is 1. The van der Waals surface area contributed by atoms with Gasteiger partial charge in [0.25, 0.3) is 0 Å². The summed E-state index contributed by atoms with van der Waals surface area (Å²) in [5, 5.41) is 10.3. The van der Waals surface area contributed by atoms with E-state index < -0.39 is 0 Å². The van der Waals surface area contributed by atoms with Crippen LogP contribution in [0.5, 0.6) is 28.7 Å². The van der Waals surface area contributed by atoms with Gasteiger partial charge < -0.3 is 29.0 Å². The number of hydrogen-bond donors (Lipinski definition) is 2. The molecule has 0 saturated carbocycles. The van der Waals surface area contributed by atoms with Crippen molar-refractivity contribution in [2.75, 3.05) is 42.0 Å². The third-order valence-electron chi connectivity index (χ3n) is 5.93. The van der Waals surface area contributed by atoms with Crippen molar-refractivity contribution in [3.8, 4) is 39.9 Å². The molecule has 2 aliphatic rings. The summed E-state index contributed by atoms with van der Waals surface area (Å²) < 4.78 is 22.7. The van der Waals surface area contributed by atoms with Crippen molar-refractivity contribution in [1.29, 1.82) is 0 Å². The van der Waals surface area contributed by atoms with Gasteiger partial charge in [0.05, 0.1) is 42.0 Å². The summed E-state index contributed by atoms with van der Waals surface area (Å²) in [6.45, 7) is 1.01. The minimum Gasteiger partial charge on any atom is -0.504 e. The highest BCUT2D eigenvalue weighted by Crippen LogP contribution is 2.55. The van der Waals surface area contributed by atoms with Crippen LogP contribution in [0.1, 0.15) is 22.7 Å². The number of aromatic hydroxyl groups is 1. The normalized spacial score (nSPS) is 19.7. The van der Waals surface area contributed by atoms with Crippen LogP contribution in [0, 0.1) is 0 Å². The molecule has 144 valence electrons. The molecule has 0 saturated heterocycles. The Bertz CT molecular complexity index is 908. The highest BCUT2D eigenvalue weighted by Gasteiger charge is 2.41. The second-order valence-electron chi connectivity index (χ2n) is 7.15. The van der Waals surface area contributed by atoms with Crippen LogP contribution in [0.2, 0.25) is 0 Å². The summed E-state index contributed by atoms with van der Waals surface area (Å²) in [6.07, 6.45) is 1.76. The molecule has 2 aromatic carbocycles. The lowest BCUT2D eigenvalue weighted by Gasteiger charge is -2.39. The molecular formula is C21H26NO5+. The van der Waals surface area contributed by atoms with Crippen molar-refractivity contribution in [3.05, 3.63) is 28.8 Å². The maximum Gasteiger partial charge on any atom is 0.204 e. The van der Waals surface area contributed by atoms with E-state index in [0.29, 0.717) is 17.2 Å². The zero-order chi connectivity index (χ0) is 19.3. The van der Waals surface area contributed by atoms with Crippen LogP contribution in [0.25, 0.3) is 11.1 Å². The van der Waals surface area contributed by atoms with Gasteiger partial charge in [-0.2, -0.15) is 0 Å². The minimum atomic E-state index is 0.160. The molecule has 0 radical (unpaired) electrons. The van der Waals surface area contributed by atoms with E-state index in [-0.39, 0.29) is 11.8 Å². The maximum absolute atomic E-state index is 10.3. The van der Waals surface area contributed by atoms with Crippen LogP contribution in [0.4, 0.5) is 0 Å². The average molecular weight is 372 g/mol. The summed E-state index contributed by atoms with van der Waals surface area (Å²) in [7, 11) is 8.75. The number of rotatable bonds is 4. The first-order chi connectivity index (χ1) is 13.0. The Morgan fingerprint density at radius 3 is 2.30 bits per heavy atom. The second-order valence-corrected chi connectivity index (χ2v) is 7.15. The Morgan fingerprint density at radius 2 is 1.67 bits per heavy atom. The van der Waals surface area contributed by atoms with Crippen molar-refractivity contribution in [3.63, 3.8) is 0 Å². The van der Waals surface area contributed by atoms with Gasteiger partial charge in [0, 0.05) is 29.5 Å². The van der Waals surface area contributed by atoms with Crippen molar-refractivity contribution in [2.24, 2.45) is 0 Å². The first kappa shape index (κ1) is 17.8. The molecule has 2 N–H and O–H groups in total. The summed E-state index contributed by atoms with van der Waals surface area (Å²) in [4.78, 5) is 1.44. The Balaban J connectivity index is 2.13. The van der Waals surface area contributed by atoms with Gasteiger partial charge >= 0.3 is 0 Å². The minimum absolute atomic E-state index is 0.160. The van der Waals surface area contributed by atoms with E-state index in [2.05, 4.69) is 7.05 Å². The van der Waals surface area contributed by atoms with Gasteiger partial charge in [0.2, 0.25) is 5.75 Å². The fraction of sp³-hybridized carbons (Fsp3) is 0.429. The van der Waals surface area contributed by atoms with E-state index in [9.17, 15) is 5.11 Å². The van der Waals surface area contributed by atoms with Crippen molar-refractivity contribution in [2.45, 2.75) is 18.9 Å². The van der Waals surface area contributed by atoms with Crippen LogP contribution in [0.3, 0.4) is 0 Å². The Morgan fingerprint density at radius 1 is 0.963 bits per heavy atom. The lowest BCUT2D eigenvalue weighted by Crippen LogP contribution is -3.10. The molecule has 27 heavy (non-hydrogen) atoms. The summed E-state index contributed by atoms with van der Waals surface area (Å²) in [6, 6.07) is 3.99. The summed E-state index contributed by atoms with van der Waals surface area (Å²) in [5.41, 5.74) is 5.58. The Kier molecular flexibility index (Phi) is 4.30. The van der Waals surface area contributed by atoms with Crippen LogP contribution in [0.15, 0.2) is 12.1 Å². The van der Waals surface area contributed by atoms with E-state index in [0.717, 1.165) is 41.8 Å². The van der Waals surface area contributed by atoms with Gasteiger partial charge in [-0.05, 0) is 23.3 Å². The smallest absolute Gasteiger partial charge is 0.204 e. The first-order valence-corrected chi connectivity index (χ1v) is 9.12. The fourth-order valence-corrected chi connectivity index (χ4v) is 4.66. The number of phenolic OH excluding ortho intramolecular Hbond substituents is 1. The van der Waals surface area contributed by atoms with E-state index in [1.165, 1.54) is 16.0 Å². The molecule has 2 aromatic rings. The third kappa shape index (κ3) is 2.43. The van der Waals surface area contributed by atoms with Crippen LogP contribution in [-0.2, 0) is 12.8 Å². The molecule has 1 aliphatic heterocycles. The van der Waals surface area contributed by atoms with Gasteiger partial charge in [-0.1, -0.05) is 0 Å². The molecule has 1 unspecified atom stereocenters.